The van der Waals surface area contributed by atoms with E-state index in [9.17, 15) is 4.79 Å². The molecule has 1 heterocycles. The third-order valence-electron chi connectivity index (χ3n) is 4.14. The Morgan fingerprint density at radius 3 is 2.71 bits per heavy atom. The van der Waals surface area contributed by atoms with Gasteiger partial charge in [-0.1, -0.05) is 13.3 Å². The van der Waals surface area contributed by atoms with Gasteiger partial charge in [0, 0.05) is 17.5 Å². The zero-order chi connectivity index (χ0) is 11.6. The number of piperidine rings is 1. The third-order valence-corrected chi connectivity index (χ3v) is 4.14. The Hall–Kier alpha value is -0.280. The summed E-state index contributed by atoms with van der Waals surface area (Å²) in [4.78, 5) is 12.2. The van der Waals surface area contributed by atoms with Gasteiger partial charge in [-0.3, -0.25) is 4.79 Å². The molecule has 2 N–H and O–H groups in total. The lowest BCUT2D eigenvalue weighted by molar-refractivity contribution is -0.127. The predicted molar refractivity (Wildman–Crippen MR) is 72.5 cm³/mol. The molecule has 0 aromatic rings. The van der Waals surface area contributed by atoms with E-state index in [1.165, 1.54) is 6.42 Å². The molecular formula is C13H25ClN2O. The molecule has 1 aliphatic carbocycles. The first-order valence-corrected chi connectivity index (χ1v) is 6.72. The average molecular weight is 261 g/mol. The molecule has 2 unspecified atom stereocenters. The van der Waals surface area contributed by atoms with Gasteiger partial charge < -0.3 is 10.6 Å². The van der Waals surface area contributed by atoms with E-state index in [4.69, 9.17) is 0 Å². The molecule has 1 aliphatic heterocycles. The van der Waals surface area contributed by atoms with Gasteiger partial charge in [-0.15, -0.1) is 12.4 Å². The maximum absolute atomic E-state index is 12.2. The smallest absolute Gasteiger partial charge is 0.226 e. The minimum absolute atomic E-state index is 0. The van der Waals surface area contributed by atoms with Crippen LogP contribution < -0.4 is 10.6 Å². The summed E-state index contributed by atoms with van der Waals surface area (Å²) in [6.07, 6.45) is 6.68. The maximum atomic E-state index is 12.2. The fourth-order valence-electron chi connectivity index (χ4n) is 2.78. The molecule has 1 saturated heterocycles. The van der Waals surface area contributed by atoms with Crippen LogP contribution in [0.4, 0.5) is 0 Å². The second kappa shape index (κ2) is 6.05. The minimum Gasteiger partial charge on any atom is -0.351 e. The summed E-state index contributed by atoms with van der Waals surface area (Å²) < 4.78 is 0. The zero-order valence-corrected chi connectivity index (χ0v) is 11.7. The minimum atomic E-state index is 0. The first kappa shape index (κ1) is 14.8. The van der Waals surface area contributed by atoms with Crippen molar-refractivity contribution in [1.29, 1.82) is 0 Å². The summed E-state index contributed by atoms with van der Waals surface area (Å²) in [5.41, 5.74) is 0.0198. The molecule has 2 aliphatic rings. The van der Waals surface area contributed by atoms with Crippen LogP contribution in [0.2, 0.25) is 0 Å². The Labute approximate surface area is 111 Å². The highest BCUT2D eigenvalue weighted by molar-refractivity contribution is 5.85. The molecule has 0 radical (unpaired) electrons. The monoisotopic (exact) mass is 260 g/mol. The lowest BCUT2D eigenvalue weighted by Crippen LogP contribution is -2.53. The number of hydrogen-bond donors (Lipinski definition) is 2. The van der Waals surface area contributed by atoms with Crippen molar-refractivity contribution in [3.8, 4) is 0 Å². The molecule has 1 saturated carbocycles. The highest BCUT2D eigenvalue weighted by Gasteiger charge is 2.49. The Morgan fingerprint density at radius 1 is 1.47 bits per heavy atom. The summed E-state index contributed by atoms with van der Waals surface area (Å²) in [6.45, 7) is 5.43. The molecule has 1 amide bonds. The van der Waals surface area contributed by atoms with Crippen LogP contribution in [-0.4, -0.2) is 24.5 Å². The number of hydrogen-bond acceptors (Lipinski definition) is 2. The zero-order valence-electron chi connectivity index (χ0n) is 10.9. The van der Waals surface area contributed by atoms with Crippen LogP contribution in [0.3, 0.4) is 0 Å². The van der Waals surface area contributed by atoms with Gasteiger partial charge in [-0.2, -0.15) is 0 Å². The predicted octanol–water partition coefficient (Wildman–Crippen LogP) is 2.25. The van der Waals surface area contributed by atoms with Crippen molar-refractivity contribution >= 4 is 18.3 Å². The highest BCUT2D eigenvalue weighted by Crippen LogP contribution is 2.49. The second-order valence-corrected chi connectivity index (χ2v) is 5.50. The van der Waals surface area contributed by atoms with Gasteiger partial charge in [0.25, 0.3) is 0 Å². The van der Waals surface area contributed by atoms with Crippen molar-refractivity contribution in [3.05, 3.63) is 0 Å². The molecule has 17 heavy (non-hydrogen) atoms. The number of rotatable bonds is 4. The van der Waals surface area contributed by atoms with E-state index in [2.05, 4.69) is 24.5 Å². The Balaban J connectivity index is 0.00000144. The third kappa shape index (κ3) is 3.35. The SMILES string of the molecule is CCCC1(C(=O)NC2CCCNC2C)CC1.Cl. The van der Waals surface area contributed by atoms with Gasteiger partial charge in [-0.25, -0.2) is 0 Å². The second-order valence-electron chi connectivity index (χ2n) is 5.50. The van der Waals surface area contributed by atoms with Crippen molar-refractivity contribution in [2.75, 3.05) is 6.54 Å². The Bertz CT molecular complexity index is 266. The van der Waals surface area contributed by atoms with E-state index < -0.39 is 0 Å². The van der Waals surface area contributed by atoms with Crippen LogP contribution in [0.15, 0.2) is 0 Å². The van der Waals surface area contributed by atoms with E-state index in [0.717, 1.165) is 38.6 Å². The van der Waals surface area contributed by atoms with Gasteiger partial charge in [0.1, 0.15) is 0 Å². The molecule has 0 aromatic carbocycles. The molecule has 2 rings (SSSR count). The van der Waals surface area contributed by atoms with Crippen molar-refractivity contribution in [2.45, 2.75) is 64.5 Å². The summed E-state index contributed by atoms with van der Waals surface area (Å²) in [5.74, 6) is 0.315. The summed E-state index contributed by atoms with van der Waals surface area (Å²) in [6, 6.07) is 0.769. The first-order chi connectivity index (χ1) is 7.68. The Kier molecular flexibility index (Phi) is 5.26. The van der Waals surface area contributed by atoms with E-state index in [0.29, 0.717) is 18.0 Å². The van der Waals surface area contributed by atoms with Gasteiger partial charge in [-0.05, 0) is 45.6 Å². The largest absolute Gasteiger partial charge is 0.351 e. The maximum Gasteiger partial charge on any atom is 0.226 e. The number of halogens is 1. The number of carbonyl (C=O) groups is 1. The van der Waals surface area contributed by atoms with Crippen molar-refractivity contribution in [2.24, 2.45) is 5.41 Å². The van der Waals surface area contributed by atoms with E-state index >= 15 is 0 Å². The molecule has 0 spiro atoms. The highest BCUT2D eigenvalue weighted by atomic mass is 35.5. The lowest BCUT2D eigenvalue weighted by atomic mass is 9.95. The number of amides is 1. The van der Waals surface area contributed by atoms with E-state index in [-0.39, 0.29) is 17.8 Å². The summed E-state index contributed by atoms with van der Waals surface area (Å²) in [7, 11) is 0. The van der Waals surface area contributed by atoms with Crippen molar-refractivity contribution in [3.63, 3.8) is 0 Å². The van der Waals surface area contributed by atoms with Crippen molar-refractivity contribution in [1.82, 2.24) is 10.6 Å². The molecule has 2 atom stereocenters. The standard InChI is InChI=1S/C13H24N2O.ClH/c1-3-6-13(7-8-13)12(16)15-11-5-4-9-14-10(11)2;/h10-11,14H,3-9H2,1-2H3,(H,15,16);1H. The molecule has 3 nitrogen and oxygen atoms in total. The van der Waals surface area contributed by atoms with E-state index in [1.54, 1.807) is 0 Å². The topological polar surface area (TPSA) is 41.1 Å². The van der Waals surface area contributed by atoms with Gasteiger partial charge in [0.2, 0.25) is 5.91 Å². The molecule has 2 fully saturated rings. The molecule has 100 valence electrons. The fraction of sp³-hybridized carbons (Fsp3) is 0.923. The van der Waals surface area contributed by atoms with E-state index in [1.807, 2.05) is 0 Å². The number of carbonyl (C=O) groups excluding carboxylic acids is 1. The van der Waals surface area contributed by atoms with Crippen LogP contribution in [0, 0.1) is 5.41 Å². The summed E-state index contributed by atoms with van der Waals surface area (Å²) in [5, 5.41) is 6.68. The van der Waals surface area contributed by atoms with Gasteiger partial charge in [0.15, 0.2) is 0 Å². The van der Waals surface area contributed by atoms with Gasteiger partial charge >= 0.3 is 0 Å². The van der Waals surface area contributed by atoms with Crippen LogP contribution in [-0.2, 0) is 4.79 Å². The first-order valence-electron chi connectivity index (χ1n) is 6.72. The molecule has 0 aromatic heterocycles. The normalized spacial score (nSPS) is 30.2. The van der Waals surface area contributed by atoms with Crippen LogP contribution >= 0.6 is 12.4 Å². The average Bonchev–Trinajstić information content (AvgIpc) is 3.03. The van der Waals surface area contributed by atoms with Crippen LogP contribution in [0.25, 0.3) is 0 Å². The van der Waals surface area contributed by atoms with Crippen LogP contribution in [0.5, 0.6) is 0 Å². The van der Waals surface area contributed by atoms with Crippen molar-refractivity contribution < 1.29 is 4.79 Å². The molecular weight excluding hydrogens is 236 g/mol. The Morgan fingerprint density at radius 2 is 2.18 bits per heavy atom. The lowest BCUT2D eigenvalue weighted by Gasteiger charge is -2.32. The summed E-state index contributed by atoms with van der Waals surface area (Å²) >= 11 is 0. The molecule has 0 bridgehead atoms. The van der Waals surface area contributed by atoms with Crippen LogP contribution in [0.1, 0.15) is 52.4 Å². The van der Waals surface area contributed by atoms with Gasteiger partial charge in [0.05, 0.1) is 0 Å². The quantitative estimate of drug-likeness (QED) is 0.814. The fourth-order valence-corrected chi connectivity index (χ4v) is 2.78. The molecule has 4 heteroatoms. The number of nitrogens with one attached hydrogen (secondary N) is 2.